The van der Waals surface area contributed by atoms with Gasteiger partial charge in [0.15, 0.2) is 5.78 Å². The van der Waals surface area contributed by atoms with Crippen LogP contribution in [-0.2, 0) is 24.2 Å². The highest BCUT2D eigenvalue weighted by molar-refractivity contribution is 5.84. The zero-order chi connectivity index (χ0) is 20.3. The minimum atomic E-state index is -0.468. The van der Waals surface area contributed by atoms with Gasteiger partial charge in [-0.25, -0.2) is 0 Å². The molecule has 3 rings (SSSR count). The molecule has 0 amide bonds. The zero-order valence-electron chi connectivity index (χ0n) is 17.0. The molecule has 0 fully saturated rings. The molecule has 0 heterocycles. The lowest BCUT2D eigenvalue weighted by Crippen LogP contribution is -2.27. The van der Waals surface area contributed by atoms with Crippen LogP contribution >= 0.6 is 0 Å². The number of methoxy groups -OCH3 is 2. The summed E-state index contributed by atoms with van der Waals surface area (Å²) in [6.07, 6.45) is 2.85. The van der Waals surface area contributed by atoms with Crippen molar-refractivity contribution < 1.29 is 19.4 Å². The van der Waals surface area contributed by atoms with E-state index in [1.165, 1.54) is 11.1 Å². The van der Waals surface area contributed by atoms with Crippen LogP contribution in [0.3, 0.4) is 0 Å². The van der Waals surface area contributed by atoms with E-state index in [0.717, 1.165) is 36.1 Å². The lowest BCUT2D eigenvalue weighted by molar-refractivity contribution is -0.119. The quantitative estimate of drug-likeness (QED) is 0.768. The maximum Gasteiger partial charge on any atom is 0.151 e. The van der Waals surface area contributed by atoms with E-state index in [1.54, 1.807) is 28.2 Å². The lowest BCUT2D eigenvalue weighted by Gasteiger charge is -2.30. The molecular weight excluding hydrogens is 354 g/mol. The monoisotopic (exact) mass is 383 g/mol. The molecule has 0 aliphatic heterocycles. The Morgan fingerprint density at radius 2 is 2.00 bits per heavy atom. The van der Waals surface area contributed by atoms with E-state index in [4.69, 9.17) is 9.47 Å². The van der Waals surface area contributed by atoms with Gasteiger partial charge in [-0.05, 0) is 79.6 Å². The van der Waals surface area contributed by atoms with Crippen molar-refractivity contribution in [2.24, 2.45) is 0 Å². The number of hydrogen-bond donors (Lipinski definition) is 2. The summed E-state index contributed by atoms with van der Waals surface area (Å²) in [5, 5.41) is 13.2. The topological polar surface area (TPSA) is 67.8 Å². The predicted molar refractivity (Wildman–Crippen MR) is 109 cm³/mol. The summed E-state index contributed by atoms with van der Waals surface area (Å²) in [5.74, 6) is 1.80. The molecule has 5 nitrogen and oxygen atoms in total. The van der Waals surface area contributed by atoms with Gasteiger partial charge >= 0.3 is 0 Å². The highest BCUT2D eigenvalue weighted by Crippen LogP contribution is 2.40. The van der Waals surface area contributed by atoms with Crippen LogP contribution in [0, 0.1) is 0 Å². The van der Waals surface area contributed by atoms with E-state index in [-0.39, 0.29) is 18.3 Å². The molecule has 1 aliphatic carbocycles. The van der Waals surface area contributed by atoms with Crippen molar-refractivity contribution in [2.45, 2.75) is 44.8 Å². The van der Waals surface area contributed by atoms with Crippen molar-refractivity contribution in [2.75, 3.05) is 21.3 Å². The number of aliphatic hydroxyl groups excluding tert-OH is 1. The Balaban J connectivity index is 2.07. The third-order valence-corrected chi connectivity index (χ3v) is 5.79. The van der Waals surface area contributed by atoms with Gasteiger partial charge in [0.05, 0.1) is 26.9 Å². The van der Waals surface area contributed by atoms with Crippen LogP contribution in [0.5, 0.6) is 11.5 Å². The van der Waals surface area contributed by atoms with Crippen molar-refractivity contribution in [3.63, 3.8) is 0 Å². The van der Waals surface area contributed by atoms with Gasteiger partial charge in [-0.2, -0.15) is 0 Å². The van der Waals surface area contributed by atoms with Gasteiger partial charge < -0.3 is 19.9 Å². The number of ketones is 1. The molecule has 2 unspecified atom stereocenters. The molecular formula is C23H29NO4. The van der Waals surface area contributed by atoms with E-state index in [1.807, 2.05) is 12.1 Å². The first kappa shape index (κ1) is 20.4. The van der Waals surface area contributed by atoms with Crippen LogP contribution in [0.25, 0.3) is 0 Å². The maximum absolute atomic E-state index is 12.3. The van der Waals surface area contributed by atoms with Crippen molar-refractivity contribution in [3.8, 4) is 11.5 Å². The fourth-order valence-electron chi connectivity index (χ4n) is 4.39. The predicted octanol–water partition coefficient (Wildman–Crippen LogP) is 3.32. The van der Waals surface area contributed by atoms with Gasteiger partial charge in [0.25, 0.3) is 0 Å². The molecule has 2 N–H and O–H groups in total. The van der Waals surface area contributed by atoms with Gasteiger partial charge in [0, 0.05) is 5.56 Å². The Bertz CT molecular complexity index is 862. The number of nitrogens with one attached hydrogen (secondary N) is 1. The minimum absolute atomic E-state index is 0.0210. The van der Waals surface area contributed by atoms with E-state index in [9.17, 15) is 9.90 Å². The smallest absolute Gasteiger partial charge is 0.151 e. The average Bonchev–Trinajstić information content (AvgIpc) is 2.72. The van der Waals surface area contributed by atoms with Crippen molar-refractivity contribution in [1.82, 2.24) is 5.32 Å². The summed E-state index contributed by atoms with van der Waals surface area (Å²) in [6.45, 7) is 1.41. The standard InChI is InChI=1S/C23H29NO4/c1-14(26)23(24-2)22-19(9-10-21(28-4)20(22)13-25)17-6-5-16-12-18(27-3)8-7-15(16)11-17/h7-10,12,17,23-25H,5-6,11,13H2,1-4H3. The number of rotatable bonds is 7. The van der Waals surface area contributed by atoms with E-state index in [2.05, 4.69) is 23.5 Å². The van der Waals surface area contributed by atoms with E-state index < -0.39 is 6.04 Å². The molecule has 5 heteroatoms. The summed E-state index contributed by atoms with van der Waals surface area (Å²) in [7, 11) is 5.05. The first-order valence-corrected chi connectivity index (χ1v) is 9.68. The molecule has 2 aromatic rings. The number of likely N-dealkylation sites (N-methyl/N-ethyl adjacent to an activating group) is 1. The Morgan fingerprint density at radius 1 is 1.21 bits per heavy atom. The van der Waals surface area contributed by atoms with Crippen LogP contribution in [0.1, 0.15) is 53.1 Å². The molecule has 2 aromatic carbocycles. The fraction of sp³-hybridized carbons (Fsp3) is 0.435. The SMILES string of the molecule is CNC(C(C)=O)c1c(C2CCc3cc(OC)ccc3C2)ccc(OC)c1CO. The average molecular weight is 383 g/mol. The molecule has 150 valence electrons. The molecule has 0 bridgehead atoms. The number of ether oxygens (including phenoxy) is 2. The molecule has 0 saturated heterocycles. The number of carbonyl (C=O) groups excluding carboxylic acids is 1. The number of carbonyl (C=O) groups is 1. The Kier molecular flexibility index (Phi) is 6.37. The third kappa shape index (κ3) is 3.77. The lowest BCUT2D eigenvalue weighted by atomic mass is 9.76. The normalized spacial score (nSPS) is 17.0. The van der Waals surface area contributed by atoms with Gasteiger partial charge in [0.2, 0.25) is 0 Å². The number of benzene rings is 2. The van der Waals surface area contributed by atoms with Crippen LogP contribution in [-0.4, -0.2) is 32.2 Å². The second-order valence-electron chi connectivity index (χ2n) is 7.31. The fourth-order valence-corrected chi connectivity index (χ4v) is 4.39. The van der Waals surface area contributed by atoms with Gasteiger partial charge in [-0.15, -0.1) is 0 Å². The molecule has 0 radical (unpaired) electrons. The van der Waals surface area contributed by atoms with Crippen LogP contribution in [0.4, 0.5) is 0 Å². The molecule has 28 heavy (non-hydrogen) atoms. The largest absolute Gasteiger partial charge is 0.497 e. The first-order valence-electron chi connectivity index (χ1n) is 9.68. The maximum atomic E-state index is 12.3. The van der Waals surface area contributed by atoms with Gasteiger partial charge in [-0.3, -0.25) is 4.79 Å². The summed E-state index contributed by atoms with van der Waals surface area (Å²) < 4.78 is 10.8. The Hall–Kier alpha value is -2.37. The van der Waals surface area contributed by atoms with Crippen LogP contribution in [0.15, 0.2) is 30.3 Å². The summed E-state index contributed by atoms with van der Waals surface area (Å²) in [6, 6.07) is 9.74. The third-order valence-electron chi connectivity index (χ3n) is 5.79. The zero-order valence-corrected chi connectivity index (χ0v) is 17.0. The Labute approximate surface area is 166 Å². The van der Waals surface area contributed by atoms with E-state index >= 15 is 0 Å². The highest BCUT2D eigenvalue weighted by atomic mass is 16.5. The number of aliphatic hydroxyl groups is 1. The molecule has 1 aliphatic rings. The number of fused-ring (bicyclic) bond motifs is 1. The highest BCUT2D eigenvalue weighted by Gasteiger charge is 2.29. The van der Waals surface area contributed by atoms with Crippen molar-refractivity contribution >= 4 is 5.78 Å². The summed E-state index contributed by atoms with van der Waals surface area (Å²) in [4.78, 5) is 12.3. The Morgan fingerprint density at radius 3 is 2.61 bits per heavy atom. The van der Waals surface area contributed by atoms with Crippen LogP contribution in [0.2, 0.25) is 0 Å². The second-order valence-corrected chi connectivity index (χ2v) is 7.31. The van der Waals surface area contributed by atoms with Gasteiger partial charge in [-0.1, -0.05) is 12.1 Å². The summed E-state index contributed by atoms with van der Waals surface area (Å²) in [5.41, 5.74) is 5.30. The van der Waals surface area contributed by atoms with E-state index in [0.29, 0.717) is 11.3 Å². The summed E-state index contributed by atoms with van der Waals surface area (Å²) >= 11 is 0. The molecule has 0 saturated carbocycles. The first-order chi connectivity index (χ1) is 13.5. The van der Waals surface area contributed by atoms with Crippen molar-refractivity contribution in [3.05, 3.63) is 58.1 Å². The number of Topliss-reactive ketones (excluding diaryl/α,β-unsaturated/α-hetero) is 1. The van der Waals surface area contributed by atoms with Gasteiger partial charge in [0.1, 0.15) is 11.5 Å². The molecule has 0 aromatic heterocycles. The van der Waals surface area contributed by atoms with Crippen LogP contribution < -0.4 is 14.8 Å². The molecule has 2 atom stereocenters. The minimum Gasteiger partial charge on any atom is -0.497 e. The number of hydrogen-bond acceptors (Lipinski definition) is 5. The molecule has 0 spiro atoms. The number of aryl methyl sites for hydroxylation is 1. The second kappa shape index (κ2) is 8.76. The van der Waals surface area contributed by atoms with Crippen molar-refractivity contribution in [1.29, 1.82) is 0 Å².